The molecule has 3 aromatic carbocycles. The molecule has 29 heavy (non-hydrogen) atoms. The first kappa shape index (κ1) is 21.0. The van der Waals surface area contributed by atoms with E-state index in [1.54, 1.807) is 36.4 Å². The molecule has 0 fully saturated rings. The minimum Gasteiger partial charge on any atom is -0.600 e. The molecule has 0 saturated heterocycles. The van der Waals surface area contributed by atoms with E-state index in [1.807, 2.05) is 0 Å². The van der Waals surface area contributed by atoms with Crippen molar-refractivity contribution in [3.05, 3.63) is 99.7 Å². The minimum absolute atomic E-state index is 0.0494. The number of benzene rings is 3. The van der Waals surface area contributed by atoms with E-state index < -0.39 is 27.6 Å². The Morgan fingerprint density at radius 3 is 2.38 bits per heavy atom. The monoisotopic (exact) mass is 432 g/mol. The number of halogens is 1. The van der Waals surface area contributed by atoms with Gasteiger partial charge in [0.15, 0.2) is 5.78 Å². The summed E-state index contributed by atoms with van der Waals surface area (Å²) in [5.74, 6) is -0.398. The lowest BCUT2D eigenvalue weighted by Gasteiger charge is -2.17. The van der Waals surface area contributed by atoms with Gasteiger partial charge in [-0.3, -0.25) is 9.52 Å². The van der Waals surface area contributed by atoms with Crippen LogP contribution in [0.5, 0.6) is 0 Å². The number of carbonyl (C=O) groups is 1. The van der Waals surface area contributed by atoms with Crippen LogP contribution in [0, 0.1) is 5.21 Å². The Bertz CT molecular complexity index is 1130. The molecule has 0 radical (unpaired) electrons. The Morgan fingerprint density at radius 1 is 1.03 bits per heavy atom. The van der Waals surface area contributed by atoms with E-state index in [-0.39, 0.29) is 26.7 Å². The first-order chi connectivity index (χ1) is 13.8. The van der Waals surface area contributed by atoms with Crippen LogP contribution < -0.4 is 9.95 Å². The van der Waals surface area contributed by atoms with Crippen LogP contribution in [0.15, 0.2) is 77.7 Å². The van der Waals surface area contributed by atoms with Crippen molar-refractivity contribution >= 4 is 33.1 Å². The zero-order valence-corrected chi connectivity index (χ0v) is 16.6. The summed E-state index contributed by atoms with van der Waals surface area (Å²) < 4.78 is 28.3. The number of rotatable bonds is 7. The average Bonchev–Trinajstić information content (AvgIpc) is 2.69. The molecule has 0 bridgehead atoms. The molecule has 1 atom stereocenters. The second-order valence-electron chi connectivity index (χ2n) is 6.17. The third-order valence-corrected chi connectivity index (χ3v) is 5.81. The molecule has 3 aromatic rings. The maximum absolute atomic E-state index is 13.0. The molecule has 3 rings (SSSR count). The normalized spacial score (nSPS) is 12.4. The highest BCUT2D eigenvalue weighted by atomic mass is 35.5. The summed E-state index contributed by atoms with van der Waals surface area (Å²) in [5, 5.41) is 19.2. The summed E-state index contributed by atoms with van der Waals surface area (Å²) in [5.41, 5.74) is 0.648. The van der Waals surface area contributed by atoms with E-state index >= 15 is 0 Å². The van der Waals surface area contributed by atoms with Crippen LogP contribution in [-0.4, -0.2) is 19.4 Å². The van der Waals surface area contributed by atoms with Crippen molar-refractivity contribution in [1.29, 1.82) is 0 Å². The molecule has 7 nitrogen and oxygen atoms in total. The van der Waals surface area contributed by atoms with Crippen molar-refractivity contribution in [2.24, 2.45) is 0 Å². The Morgan fingerprint density at radius 2 is 1.69 bits per heavy atom. The second-order valence-corrected chi connectivity index (χ2v) is 8.26. The van der Waals surface area contributed by atoms with Crippen LogP contribution in [0.1, 0.15) is 21.5 Å². The Kier molecular flexibility index (Phi) is 6.31. The fourth-order valence-electron chi connectivity index (χ4n) is 2.81. The van der Waals surface area contributed by atoms with Crippen LogP contribution in [-0.2, 0) is 16.6 Å². The van der Waals surface area contributed by atoms with Crippen molar-refractivity contribution in [2.45, 2.75) is 11.4 Å². The predicted octanol–water partition coefficient (Wildman–Crippen LogP) is 2.64. The number of sulfonamides is 1. The molecule has 1 unspecified atom stereocenters. The number of anilines is 1. The van der Waals surface area contributed by atoms with Crippen LogP contribution in [0.3, 0.4) is 0 Å². The highest BCUT2D eigenvalue weighted by Gasteiger charge is 2.23. The molecular weight excluding hydrogens is 416 g/mol. The van der Waals surface area contributed by atoms with E-state index in [0.29, 0.717) is 5.56 Å². The lowest BCUT2D eigenvalue weighted by atomic mass is 10.0. The third-order valence-electron chi connectivity index (χ3n) is 4.11. The lowest BCUT2D eigenvalue weighted by molar-refractivity contribution is -1.06. The second kappa shape index (κ2) is 8.73. The van der Waals surface area contributed by atoms with Crippen molar-refractivity contribution in [3.63, 3.8) is 0 Å². The first-order valence-corrected chi connectivity index (χ1v) is 10.4. The van der Waals surface area contributed by atoms with Gasteiger partial charge in [0.2, 0.25) is 0 Å². The molecule has 9 heteroatoms. The summed E-state index contributed by atoms with van der Waals surface area (Å²) >= 11 is 6.02. The maximum atomic E-state index is 13.0. The van der Waals surface area contributed by atoms with Gasteiger partial charge in [0, 0.05) is 21.7 Å². The van der Waals surface area contributed by atoms with Gasteiger partial charge in [-0.15, -0.1) is 0 Å². The number of nitrogens with one attached hydrogen (secondary N) is 2. The number of ketones is 1. The van der Waals surface area contributed by atoms with Gasteiger partial charge in [0.1, 0.15) is 6.54 Å². The zero-order valence-electron chi connectivity index (χ0n) is 15.0. The number of hydrogen-bond acceptors (Lipinski definition) is 5. The van der Waals surface area contributed by atoms with Gasteiger partial charge < -0.3 is 5.21 Å². The predicted molar refractivity (Wildman–Crippen MR) is 108 cm³/mol. The van der Waals surface area contributed by atoms with Crippen molar-refractivity contribution in [3.8, 4) is 0 Å². The molecule has 150 valence electrons. The first-order valence-electron chi connectivity index (χ1n) is 8.50. The fourth-order valence-corrected chi connectivity index (χ4v) is 4.31. The Hall–Kier alpha value is -2.75. The smallest absolute Gasteiger partial charge is 0.262 e. The van der Waals surface area contributed by atoms with Gasteiger partial charge >= 0.3 is 0 Å². The Labute approximate surface area is 172 Å². The minimum atomic E-state index is -4.15. The summed E-state index contributed by atoms with van der Waals surface area (Å²) in [6, 6.07) is 18.4. The van der Waals surface area contributed by atoms with Crippen LogP contribution >= 0.6 is 11.6 Å². The summed E-state index contributed by atoms with van der Waals surface area (Å²) in [7, 11) is -4.15. The SMILES string of the molecule is O=C(c1ccccc1)c1cc(Cl)ccc1NS(=O)(=O)c1ccccc1C[NH+]([O-])O. The van der Waals surface area contributed by atoms with Crippen LogP contribution in [0.25, 0.3) is 0 Å². The highest BCUT2D eigenvalue weighted by molar-refractivity contribution is 7.92. The van der Waals surface area contributed by atoms with E-state index in [1.165, 1.54) is 36.4 Å². The number of hydrogen-bond donors (Lipinski definition) is 3. The molecule has 0 saturated carbocycles. The topological polar surface area (TPSA) is 111 Å². The largest absolute Gasteiger partial charge is 0.600 e. The summed E-state index contributed by atoms with van der Waals surface area (Å²) in [6.07, 6.45) is 0. The number of hydroxylamine groups is 2. The molecule has 0 aromatic heterocycles. The number of quaternary nitrogens is 1. The standard InChI is InChI=1S/C20H17ClN2O5S/c21-16-10-11-18(17(12-16)20(24)14-6-2-1-3-7-14)22-29(27,28)19-9-5-4-8-15(19)13-23(25)26/h1-12,22-23,25H,13H2. The fraction of sp³-hybridized carbons (Fsp3) is 0.0500. The maximum Gasteiger partial charge on any atom is 0.262 e. The van der Waals surface area contributed by atoms with Crippen LogP contribution in [0.2, 0.25) is 5.02 Å². The molecule has 0 aliphatic rings. The molecule has 3 N–H and O–H groups in total. The van der Waals surface area contributed by atoms with Crippen molar-refractivity contribution in [1.82, 2.24) is 0 Å². The van der Waals surface area contributed by atoms with Gasteiger partial charge in [-0.25, -0.2) is 18.9 Å². The summed E-state index contributed by atoms with van der Waals surface area (Å²) in [4.78, 5) is 12.7. The highest BCUT2D eigenvalue weighted by Crippen LogP contribution is 2.27. The van der Waals surface area contributed by atoms with Gasteiger partial charge in [-0.2, -0.15) is 0 Å². The van der Waals surface area contributed by atoms with Gasteiger partial charge in [0.25, 0.3) is 10.0 Å². The zero-order chi connectivity index (χ0) is 21.0. The summed E-state index contributed by atoms with van der Waals surface area (Å²) in [6.45, 7) is -0.451. The average molecular weight is 433 g/mol. The van der Waals surface area contributed by atoms with E-state index in [9.17, 15) is 18.4 Å². The van der Waals surface area contributed by atoms with Crippen LogP contribution in [0.4, 0.5) is 5.69 Å². The molecule has 0 amide bonds. The Balaban J connectivity index is 2.02. The molecular formula is C20H17ClN2O5S. The third kappa shape index (κ3) is 5.00. The number of carbonyl (C=O) groups excluding carboxylic acids is 1. The van der Waals surface area contributed by atoms with E-state index in [2.05, 4.69) is 4.72 Å². The van der Waals surface area contributed by atoms with Crippen molar-refractivity contribution in [2.75, 3.05) is 4.72 Å². The molecule has 0 heterocycles. The quantitative estimate of drug-likeness (QED) is 0.392. The van der Waals surface area contributed by atoms with Gasteiger partial charge in [-0.05, 0) is 24.3 Å². The van der Waals surface area contributed by atoms with Crippen molar-refractivity contribution < 1.29 is 23.6 Å². The van der Waals surface area contributed by atoms with E-state index in [4.69, 9.17) is 16.8 Å². The molecule has 0 spiro atoms. The van der Waals surface area contributed by atoms with E-state index in [0.717, 1.165) is 0 Å². The van der Waals surface area contributed by atoms with Gasteiger partial charge in [-0.1, -0.05) is 60.1 Å². The molecule has 0 aliphatic heterocycles. The molecule has 0 aliphatic carbocycles. The lowest BCUT2D eigenvalue weighted by Crippen LogP contribution is -3.03. The van der Waals surface area contributed by atoms with Gasteiger partial charge in [0.05, 0.1) is 10.6 Å².